The second-order valence-corrected chi connectivity index (χ2v) is 8.16. The van der Waals surface area contributed by atoms with Crippen molar-refractivity contribution in [1.82, 2.24) is 19.9 Å². The number of nitriles is 2. The normalized spacial score (nSPS) is 11.8. The maximum atomic E-state index is 12.4. The summed E-state index contributed by atoms with van der Waals surface area (Å²) in [7, 11) is 0. The highest BCUT2D eigenvalue weighted by Crippen LogP contribution is 2.21. The molecule has 0 spiro atoms. The van der Waals surface area contributed by atoms with E-state index in [0.717, 1.165) is 16.7 Å². The molecule has 0 aliphatic rings. The van der Waals surface area contributed by atoms with E-state index in [-0.39, 0.29) is 12.1 Å². The minimum atomic E-state index is -1.05. The van der Waals surface area contributed by atoms with Gasteiger partial charge in [-0.2, -0.15) is 15.6 Å². The van der Waals surface area contributed by atoms with Crippen molar-refractivity contribution in [3.05, 3.63) is 54.0 Å². The predicted molar refractivity (Wildman–Crippen MR) is 117 cm³/mol. The number of benzene rings is 1. The fourth-order valence-corrected chi connectivity index (χ4v) is 3.04. The summed E-state index contributed by atoms with van der Waals surface area (Å²) in [6.45, 7) is 4.71. The highest BCUT2D eigenvalue weighted by molar-refractivity contribution is 5.82. The summed E-state index contributed by atoms with van der Waals surface area (Å²) in [6.07, 6.45) is 2.77. The molecular weight excluding hydrogens is 424 g/mol. The number of fused-ring (bicyclic) bond motifs is 1. The van der Waals surface area contributed by atoms with Crippen molar-refractivity contribution in [2.24, 2.45) is 0 Å². The van der Waals surface area contributed by atoms with Crippen molar-refractivity contribution in [1.29, 1.82) is 10.5 Å². The summed E-state index contributed by atoms with van der Waals surface area (Å²) < 4.78 is 11.7. The number of esters is 1. The molecule has 3 aromatic rings. The molecule has 1 atom stereocenters. The third kappa shape index (κ3) is 6.28. The number of aromatic nitrogens is 3. The molecule has 10 heteroatoms. The maximum Gasteiger partial charge on any atom is 0.408 e. The van der Waals surface area contributed by atoms with Gasteiger partial charge >= 0.3 is 12.1 Å². The van der Waals surface area contributed by atoms with Crippen molar-refractivity contribution in [3.63, 3.8) is 0 Å². The minimum Gasteiger partial charge on any atom is -0.449 e. The van der Waals surface area contributed by atoms with Gasteiger partial charge in [0, 0.05) is 30.4 Å². The zero-order valence-corrected chi connectivity index (χ0v) is 18.4. The van der Waals surface area contributed by atoms with E-state index in [1.54, 1.807) is 51.4 Å². The molecule has 0 saturated heterocycles. The molecule has 0 radical (unpaired) electrons. The van der Waals surface area contributed by atoms with Gasteiger partial charge in [-0.3, -0.25) is 0 Å². The van der Waals surface area contributed by atoms with E-state index in [2.05, 4.69) is 15.4 Å². The first-order valence-corrected chi connectivity index (χ1v) is 10.1. The Hall–Kier alpha value is -4.44. The van der Waals surface area contributed by atoms with Gasteiger partial charge in [0.2, 0.25) is 0 Å². The van der Waals surface area contributed by atoms with Crippen LogP contribution in [0.1, 0.15) is 32.0 Å². The lowest BCUT2D eigenvalue weighted by Crippen LogP contribution is -2.45. The summed E-state index contributed by atoms with van der Waals surface area (Å²) in [6, 6.07) is 11.6. The number of rotatable bonds is 6. The van der Waals surface area contributed by atoms with Crippen molar-refractivity contribution in [3.8, 4) is 23.3 Å². The Morgan fingerprint density at radius 3 is 2.70 bits per heavy atom. The Kier molecular flexibility index (Phi) is 6.89. The fourth-order valence-electron chi connectivity index (χ4n) is 3.04. The lowest BCUT2D eigenvalue weighted by atomic mass is 10.0. The molecule has 1 amide bonds. The Bertz CT molecular complexity index is 1260. The summed E-state index contributed by atoms with van der Waals surface area (Å²) in [5, 5.41) is 24.4. The summed E-state index contributed by atoms with van der Waals surface area (Å²) >= 11 is 0. The van der Waals surface area contributed by atoms with E-state index in [4.69, 9.17) is 20.0 Å². The van der Waals surface area contributed by atoms with Crippen LogP contribution in [0.2, 0.25) is 0 Å². The largest absolute Gasteiger partial charge is 0.449 e. The highest BCUT2D eigenvalue weighted by atomic mass is 16.6. The lowest BCUT2D eigenvalue weighted by molar-refractivity contribution is -0.144. The number of amides is 1. The third-order valence-corrected chi connectivity index (χ3v) is 4.38. The monoisotopic (exact) mass is 446 g/mol. The van der Waals surface area contributed by atoms with Crippen LogP contribution < -0.4 is 5.32 Å². The number of alkyl carbamates (subject to hydrolysis) is 1. The minimum absolute atomic E-state index is 0.118. The third-order valence-electron chi connectivity index (χ3n) is 4.38. The molecule has 1 aromatic carbocycles. The lowest BCUT2D eigenvalue weighted by Gasteiger charge is -2.23. The summed E-state index contributed by atoms with van der Waals surface area (Å²) in [5.74, 6) is -0.739. The van der Waals surface area contributed by atoms with Gasteiger partial charge in [0.1, 0.15) is 23.8 Å². The first kappa shape index (κ1) is 23.2. The predicted octanol–water partition coefficient (Wildman–Crippen LogP) is 2.77. The van der Waals surface area contributed by atoms with Crippen LogP contribution in [0, 0.1) is 22.7 Å². The molecule has 33 heavy (non-hydrogen) atoms. The molecule has 1 N–H and O–H groups in total. The first-order valence-electron chi connectivity index (χ1n) is 10.1. The van der Waals surface area contributed by atoms with Crippen LogP contribution in [0.25, 0.3) is 16.8 Å². The van der Waals surface area contributed by atoms with Gasteiger partial charge in [0.15, 0.2) is 17.9 Å². The van der Waals surface area contributed by atoms with Crippen molar-refractivity contribution < 1.29 is 19.1 Å². The van der Waals surface area contributed by atoms with E-state index in [9.17, 15) is 9.59 Å². The summed E-state index contributed by atoms with van der Waals surface area (Å²) in [5.41, 5.74) is 2.36. The molecular formula is C23H22N6O4. The van der Waals surface area contributed by atoms with Gasteiger partial charge in [-0.25, -0.2) is 19.1 Å². The van der Waals surface area contributed by atoms with Crippen molar-refractivity contribution in [2.45, 2.75) is 38.8 Å². The summed E-state index contributed by atoms with van der Waals surface area (Å²) in [4.78, 5) is 29.0. The van der Waals surface area contributed by atoms with E-state index in [1.165, 1.54) is 4.52 Å². The quantitative estimate of drug-likeness (QED) is 0.570. The Morgan fingerprint density at radius 2 is 2.00 bits per heavy atom. The average molecular weight is 446 g/mol. The number of hydrogen-bond acceptors (Lipinski definition) is 8. The van der Waals surface area contributed by atoms with Gasteiger partial charge in [0.25, 0.3) is 0 Å². The van der Waals surface area contributed by atoms with Crippen LogP contribution in [0.15, 0.2) is 42.7 Å². The molecule has 2 heterocycles. The second kappa shape index (κ2) is 9.79. The zero-order valence-electron chi connectivity index (χ0n) is 18.4. The smallest absolute Gasteiger partial charge is 0.408 e. The van der Waals surface area contributed by atoms with Crippen LogP contribution in [-0.2, 0) is 20.7 Å². The van der Waals surface area contributed by atoms with Crippen LogP contribution in [0.5, 0.6) is 0 Å². The van der Waals surface area contributed by atoms with E-state index in [1.807, 2.05) is 24.3 Å². The van der Waals surface area contributed by atoms with Gasteiger partial charge in [-0.15, -0.1) is 0 Å². The van der Waals surface area contributed by atoms with Gasteiger partial charge < -0.3 is 14.8 Å². The Morgan fingerprint density at radius 1 is 1.21 bits per heavy atom. The molecule has 0 bridgehead atoms. The van der Waals surface area contributed by atoms with Crippen LogP contribution in [-0.4, -0.2) is 44.9 Å². The Balaban J connectivity index is 1.83. The first-order chi connectivity index (χ1) is 15.7. The van der Waals surface area contributed by atoms with Crippen LogP contribution in [0.3, 0.4) is 0 Å². The van der Waals surface area contributed by atoms with E-state index in [0.29, 0.717) is 5.65 Å². The van der Waals surface area contributed by atoms with Crippen LogP contribution >= 0.6 is 0 Å². The fraction of sp³-hybridized carbons (Fsp3) is 0.304. The SMILES string of the molecule is CC(C)(C)OC(=O)N[C@@H](Cc1cccc(-c2cnc3cc(C#N)nn3c2)c1)C(=O)OCC#N. The molecule has 0 fully saturated rings. The molecule has 168 valence electrons. The van der Waals surface area contributed by atoms with Crippen molar-refractivity contribution >= 4 is 17.7 Å². The zero-order chi connectivity index (χ0) is 24.0. The standard InChI is InChI=1S/C23H22N6O4/c1-23(2,3)33-22(31)27-19(21(30)32-8-7-24)10-15-5-4-6-16(9-15)17-13-26-20-11-18(12-25)28-29(20)14-17/h4-6,9,11,13-14,19H,8,10H2,1-3H3,(H,27,31)/t19-/m0/s1. The molecule has 10 nitrogen and oxygen atoms in total. The number of ether oxygens (including phenoxy) is 2. The molecule has 0 aliphatic heterocycles. The Labute approximate surface area is 190 Å². The van der Waals surface area contributed by atoms with Gasteiger partial charge in [-0.1, -0.05) is 24.3 Å². The molecule has 2 aromatic heterocycles. The van der Waals surface area contributed by atoms with Crippen molar-refractivity contribution in [2.75, 3.05) is 6.61 Å². The van der Waals surface area contributed by atoms with Gasteiger partial charge in [-0.05, 0) is 31.9 Å². The van der Waals surface area contributed by atoms with E-state index < -0.39 is 30.3 Å². The maximum absolute atomic E-state index is 12.4. The number of nitrogens with zero attached hydrogens (tertiary/aromatic N) is 5. The number of nitrogens with one attached hydrogen (secondary N) is 1. The number of carbonyl (C=O) groups excluding carboxylic acids is 2. The second-order valence-electron chi connectivity index (χ2n) is 8.16. The average Bonchev–Trinajstić information content (AvgIpc) is 3.18. The highest BCUT2D eigenvalue weighted by Gasteiger charge is 2.26. The number of hydrogen-bond donors (Lipinski definition) is 1. The molecule has 0 aliphatic carbocycles. The molecule has 3 rings (SSSR count). The molecule has 0 saturated carbocycles. The van der Waals surface area contributed by atoms with Crippen LogP contribution in [0.4, 0.5) is 4.79 Å². The number of carbonyl (C=O) groups is 2. The topological polar surface area (TPSA) is 142 Å². The van der Waals surface area contributed by atoms with Gasteiger partial charge in [0.05, 0.1) is 0 Å². The van der Waals surface area contributed by atoms with E-state index >= 15 is 0 Å². The molecule has 0 unspecified atom stereocenters.